The first-order valence-electron chi connectivity index (χ1n) is 6.96. The topological polar surface area (TPSA) is 24.1 Å². The molecule has 0 spiro atoms. The van der Waals surface area contributed by atoms with Crippen molar-refractivity contribution in [3.63, 3.8) is 0 Å². The quantitative estimate of drug-likeness (QED) is 0.710. The fourth-order valence-electron chi connectivity index (χ4n) is 2.25. The Morgan fingerprint density at radius 1 is 1.18 bits per heavy atom. The summed E-state index contributed by atoms with van der Waals surface area (Å²) in [5.74, 6) is -0.349. The zero-order valence-corrected chi connectivity index (χ0v) is 15.1. The van der Waals surface area contributed by atoms with Crippen molar-refractivity contribution < 1.29 is 4.39 Å². The molecular weight excluding hydrogens is 363 g/mol. The lowest BCUT2D eigenvalue weighted by Gasteiger charge is -2.20. The van der Waals surface area contributed by atoms with E-state index in [-0.39, 0.29) is 11.9 Å². The summed E-state index contributed by atoms with van der Waals surface area (Å²) in [5.41, 5.74) is 3.93. The van der Waals surface area contributed by atoms with Crippen molar-refractivity contribution in [2.45, 2.75) is 26.8 Å². The maximum Gasteiger partial charge on any atom is 0.171 e. The van der Waals surface area contributed by atoms with Crippen LogP contribution in [0.3, 0.4) is 0 Å². The Morgan fingerprint density at radius 2 is 1.91 bits per heavy atom. The van der Waals surface area contributed by atoms with Gasteiger partial charge in [-0.25, -0.2) is 4.39 Å². The van der Waals surface area contributed by atoms with E-state index in [2.05, 4.69) is 58.6 Å². The SMILES string of the molecule is Cc1ccc(C)c(C(C)NC(=S)Nc2ccc(Br)cc2F)c1. The fourth-order valence-corrected chi connectivity index (χ4v) is 2.87. The maximum atomic E-state index is 13.8. The van der Waals surface area contributed by atoms with Gasteiger partial charge in [-0.3, -0.25) is 0 Å². The number of halogens is 2. The maximum absolute atomic E-state index is 13.8. The highest BCUT2D eigenvalue weighted by Crippen LogP contribution is 2.21. The Hall–Kier alpha value is -1.46. The second-order valence-corrected chi connectivity index (χ2v) is 6.63. The molecule has 0 heterocycles. The largest absolute Gasteiger partial charge is 0.356 e. The first-order chi connectivity index (χ1) is 10.4. The van der Waals surface area contributed by atoms with Gasteiger partial charge < -0.3 is 10.6 Å². The lowest BCUT2D eigenvalue weighted by atomic mass is 10.0. The highest BCUT2D eigenvalue weighted by atomic mass is 79.9. The lowest BCUT2D eigenvalue weighted by Crippen LogP contribution is -2.31. The molecule has 5 heteroatoms. The summed E-state index contributed by atoms with van der Waals surface area (Å²) < 4.78 is 14.5. The second-order valence-electron chi connectivity index (χ2n) is 5.30. The van der Waals surface area contributed by atoms with Crippen LogP contribution in [0.4, 0.5) is 10.1 Å². The van der Waals surface area contributed by atoms with E-state index in [0.717, 1.165) is 0 Å². The number of hydrogen-bond donors (Lipinski definition) is 2. The van der Waals surface area contributed by atoms with Crippen LogP contribution < -0.4 is 10.6 Å². The average molecular weight is 381 g/mol. The standard InChI is InChI=1S/C17H18BrFN2S/c1-10-4-5-11(2)14(8-10)12(3)20-17(22)21-16-7-6-13(18)9-15(16)19/h4-9,12H,1-3H3,(H2,20,21,22). The molecule has 2 aromatic rings. The third-order valence-electron chi connectivity index (χ3n) is 3.43. The van der Waals surface area contributed by atoms with E-state index in [4.69, 9.17) is 12.2 Å². The van der Waals surface area contributed by atoms with E-state index < -0.39 is 0 Å². The predicted molar refractivity (Wildman–Crippen MR) is 97.8 cm³/mol. The van der Waals surface area contributed by atoms with Crippen molar-refractivity contribution in [1.29, 1.82) is 0 Å². The molecule has 2 nitrogen and oxygen atoms in total. The summed E-state index contributed by atoms with van der Waals surface area (Å²) in [7, 11) is 0. The van der Waals surface area contributed by atoms with Crippen LogP contribution in [0.15, 0.2) is 40.9 Å². The Balaban J connectivity index is 2.06. The van der Waals surface area contributed by atoms with Gasteiger partial charge in [-0.2, -0.15) is 0 Å². The molecule has 2 aromatic carbocycles. The minimum Gasteiger partial charge on any atom is -0.356 e. The van der Waals surface area contributed by atoms with Gasteiger partial charge in [0.25, 0.3) is 0 Å². The van der Waals surface area contributed by atoms with Gasteiger partial charge in [-0.15, -0.1) is 0 Å². The summed E-state index contributed by atoms with van der Waals surface area (Å²) >= 11 is 8.51. The van der Waals surface area contributed by atoms with E-state index in [0.29, 0.717) is 15.3 Å². The third-order valence-corrected chi connectivity index (χ3v) is 4.14. The molecule has 2 rings (SSSR count). The van der Waals surface area contributed by atoms with Crippen molar-refractivity contribution in [3.8, 4) is 0 Å². The van der Waals surface area contributed by atoms with Crippen LogP contribution in [0.25, 0.3) is 0 Å². The molecule has 1 atom stereocenters. The van der Waals surface area contributed by atoms with Crippen molar-refractivity contribution in [3.05, 3.63) is 63.4 Å². The van der Waals surface area contributed by atoms with E-state index in [9.17, 15) is 4.39 Å². The molecule has 0 saturated carbocycles. The summed E-state index contributed by atoms with van der Waals surface area (Å²) in [4.78, 5) is 0. The molecule has 0 saturated heterocycles. The lowest BCUT2D eigenvalue weighted by molar-refractivity contribution is 0.630. The van der Waals surface area contributed by atoms with Crippen LogP contribution in [-0.2, 0) is 0 Å². The van der Waals surface area contributed by atoms with Gasteiger partial charge in [-0.1, -0.05) is 39.7 Å². The number of aryl methyl sites for hydroxylation is 2. The third kappa shape index (κ3) is 4.27. The molecule has 0 fully saturated rings. The van der Waals surface area contributed by atoms with Gasteiger partial charge in [0.05, 0.1) is 11.7 Å². The number of thiocarbonyl (C=S) groups is 1. The molecule has 0 aliphatic carbocycles. The monoisotopic (exact) mass is 380 g/mol. The molecule has 0 aliphatic heterocycles. The molecule has 0 radical (unpaired) electrons. The predicted octanol–water partition coefficient (Wildman–Crippen LogP) is 5.25. The Bertz CT molecular complexity index is 703. The molecular formula is C17H18BrFN2S. The zero-order valence-electron chi connectivity index (χ0n) is 12.7. The van der Waals surface area contributed by atoms with Gasteiger partial charge in [0, 0.05) is 4.47 Å². The molecule has 0 aliphatic rings. The van der Waals surface area contributed by atoms with Crippen LogP contribution in [0.5, 0.6) is 0 Å². The molecule has 0 amide bonds. The summed E-state index contributed by atoms with van der Waals surface area (Å²) in [6, 6.07) is 11.2. The van der Waals surface area contributed by atoms with Crippen molar-refractivity contribution in [2.75, 3.05) is 5.32 Å². The van der Waals surface area contributed by atoms with E-state index >= 15 is 0 Å². The van der Waals surface area contributed by atoms with Crippen LogP contribution in [0, 0.1) is 19.7 Å². The zero-order chi connectivity index (χ0) is 16.3. The first-order valence-corrected chi connectivity index (χ1v) is 8.16. The normalized spacial score (nSPS) is 11.9. The van der Waals surface area contributed by atoms with Crippen LogP contribution >= 0.6 is 28.1 Å². The van der Waals surface area contributed by atoms with E-state index in [1.54, 1.807) is 12.1 Å². The molecule has 0 aromatic heterocycles. The summed E-state index contributed by atoms with van der Waals surface area (Å²) in [6.45, 7) is 6.16. The average Bonchev–Trinajstić information content (AvgIpc) is 2.44. The van der Waals surface area contributed by atoms with Gasteiger partial charge in [0.1, 0.15) is 5.82 Å². The summed E-state index contributed by atoms with van der Waals surface area (Å²) in [5, 5.41) is 6.49. The van der Waals surface area contributed by atoms with Crippen molar-refractivity contribution >= 4 is 38.9 Å². The van der Waals surface area contributed by atoms with Crippen molar-refractivity contribution in [1.82, 2.24) is 5.32 Å². The molecule has 116 valence electrons. The number of rotatable bonds is 3. The highest BCUT2D eigenvalue weighted by Gasteiger charge is 2.11. The first kappa shape index (κ1) is 16.9. The van der Waals surface area contributed by atoms with Gasteiger partial charge in [-0.05, 0) is 62.3 Å². The molecule has 0 bridgehead atoms. The van der Waals surface area contributed by atoms with Gasteiger partial charge in [0.15, 0.2) is 5.11 Å². The fraction of sp³-hybridized carbons (Fsp3) is 0.235. The summed E-state index contributed by atoms with van der Waals surface area (Å²) in [6.07, 6.45) is 0. The second kappa shape index (κ2) is 7.20. The Labute approximate surface area is 144 Å². The smallest absolute Gasteiger partial charge is 0.171 e. The number of anilines is 1. The van der Waals surface area contributed by atoms with Crippen molar-refractivity contribution in [2.24, 2.45) is 0 Å². The van der Waals surface area contributed by atoms with Crippen LogP contribution in [0.1, 0.15) is 29.7 Å². The van der Waals surface area contributed by atoms with E-state index in [1.807, 2.05) is 6.92 Å². The van der Waals surface area contributed by atoms with Crippen LogP contribution in [-0.4, -0.2) is 5.11 Å². The van der Waals surface area contributed by atoms with Crippen LogP contribution in [0.2, 0.25) is 0 Å². The highest BCUT2D eigenvalue weighted by molar-refractivity contribution is 9.10. The Morgan fingerprint density at radius 3 is 2.59 bits per heavy atom. The number of nitrogens with one attached hydrogen (secondary N) is 2. The minimum atomic E-state index is -0.349. The van der Waals surface area contributed by atoms with E-state index in [1.165, 1.54) is 22.8 Å². The molecule has 1 unspecified atom stereocenters. The van der Waals surface area contributed by atoms with Gasteiger partial charge >= 0.3 is 0 Å². The molecule has 22 heavy (non-hydrogen) atoms. The minimum absolute atomic E-state index is 0.0402. The molecule has 2 N–H and O–H groups in total. The Kier molecular flexibility index (Phi) is 5.53. The van der Waals surface area contributed by atoms with Gasteiger partial charge in [0.2, 0.25) is 0 Å². The number of benzene rings is 2. The number of hydrogen-bond acceptors (Lipinski definition) is 1.